The average Bonchev–Trinajstić information content (AvgIpc) is 2.80. The minimum absolute atomic E-state index is 0. The van der Waals surface area contributed by atoms with Crippen LogP contribution in [-0.4, -0.2) is 42.2 Å². The van der Waals surface area contributed by atoms with Crippen molar-refractivity contribution in [2.24, 2.45) is 5.73 Å². The molecule has 4 N–H and O–H groups in total. The Hall–Kier alpha value is -0.820. The number of aromatic amines is 1. The van der Waals surface area contributed by atoms with Gasteiger partial charge in [-0.15, -0.1) is 24.8 Å². The molecule has 1 atom stereocenters. The maximum atomic E-state index is 11.5. The number of hydrogen-bond donors (Lipinski definition) is 3. The summed E-state index contributed by atoms with van der Waals surface area (Å²) in [5, 5.41) is 3.10. The summed E-state index contributed by atoms with van der Waals surface area (Å²) < 4.78 is 4.72. The van der Waals surface area contributed by atoms with Gasteiger partial charge in [-0.05, 0) is 19.5 Å². The van der Waals surface area contributed by atoms with Gasteiger partial charge in [-0.25, -0.2) is 4.98 Å². The number of rotatable bonds is 7. The van der Waals surface area contributed by atoms with Crippen LogP contribution >= 0.6 is 24.8 Å². The molecule has 8 heteroatoms. The van der Waals surface area contributed by atoms with Crippen molar-refractivity contribution in [1.29, 1.82) is 0 Å². The van der Waals surface area contributed by atoms with Gasteiger partial charge in [0, 0.05) is 12.6 Å². The number of esters is 1. The lowest BCUT2D eigenvalue weighted by Gasteiger charge is -2.14. The molecular formula is C10H20Cl2N4O2. The number of carbonyl (C=O) groups excluding carboxylic acids is 1. The Bertz CT molecular complexity index is 309. The Morgan fingerprint density at radius 1 is 1.61 bits per heavy atom. The number of hydrogen-bond acceptors (Lipinski definition) is 5. The third kappa shape index (κ3) is 6.80. The summed E-state index contributed by atoms with van der Waals surface area (Å²) in [6.07, 6.45) is 4.69. The fourth-order valence-corrected chi connectivity index (χ4v) is 1.37. The number of aromatic nitrogens is 2. The molecule has 0 aliphatic heterocycles. The monoisotopic (exact) mass is 298 g/mol. The zero-order chi connectivity index (χ0) is 11.8. The van der Waals surface area contributed by atoms with Gasteiger partial charge in [0.2, 0.25) is 0 Å². The zero-order valence-electron chi connectivity index (χ0n) is 10.2. The normalized spacial score (nSPS) is 11.0. The van der Waals surface area contributed by atoms with Crippen LogP contribution in [0.2, 0.25) is 0 Å². The molecule has 1 heterocycles. The van der Waals surface area contributed by atoms with E-state index in [-0.39, 0.29) is 36.8 Å². The fraction of sp³-hybridized carbons (Fsp3) is 0.600. The van der Waals surface area contributed by atoms with Gasteiger partial charge in [0.15, 0.2) is 0 Å². The molecule has 0 amide bonds. The van der Waals surface area contributed by atoms with Crippen molar-refractivity contribution in [1.82, 2.24) is 15.3 Å². The molecule has 0 saturated heterocycles. The molecule has 1 rings (SSSR count). The van der Waals surface area contributed by atoms with E-state index in [9.17, 15) is 4.79 Å². The van der Waals surface area contributed by atoms with Gasteiger partial charge < -0.3 is 20.8 Å². The summed E-state index contributed by atoms with van der Waals surface area (Å²) in [5.41, 5.74) is 6.22. The Morgan fingerprint density at radius 3 is 2.83 bits per heavy atom. The number of nitrogens with two attached hydrogens (primary N) is 1. The summed E-state index contributed by atoms with van der Waals surface area (Å²) in [4.78, 5) is 18.4. The van der Waals surface area contributed by atoms with Crippen molar-refractivity contribution in [2.45, 2.75) is 18.9 Å². The van der Waals surface area contributed by atoms with Crippen LogP contribution in [0.15, 0.2) is 12.5 Å². The Balaban J connectivity index is 0. The van der Waals surface area contributed by atoms with Crippen molar-refractivity contribution in [2.75, 3.05) is 20.2 Å². The van der Waals surface area contributed by atoms with E-state index in [0.717, 1.165) is 12.1 Å². The number of nitrogens with zero attached hydrogens (tertiary/aromatic N) is 1. The van der Waals surface area contributed by atoms with E-state index in [1.165, 1.54) is 7.11 Å². The molecule has 106 valence electrons. The summed E-state index contributed by atoms with van der Waals surface area (Å²) in [5.74, 6) is -0.278. The van der Waals surface area contributed by atoms with Crippen LogP contribution in [0.4, 0.5) is 0 Å². The summed E-state index contributed by atoms with van der Waals surface area (Å²) in [7, 11) is 1.38. The number of ether oxygens (including phenoxy) is 1. The van der Waals surface area contributed by atoms with Crippen molar-refractivity contribution in [3.8, 4) is 0 Å². The van der Waals surface area contributed by atoms with E-state index in [1.54, 1.807) is 12.5 Å². The van der Waals surface area contributed by atoms with Crippen LogP contribution < -0.4 is 11.1 Å². The van der Waals surface area contributed by atoms with E-state index in [0.29, 0.717) is 19.5 Å². The summed E-state index contributed by atoms with van der Waals surface area (Å²) in [6.45, 7) is 1.30. The minimum Gasteiger partial charge on any atom is -0.468 e. The summed E-state index contributed by atoms with van der Waals surface area (Å²) >= 11 is 0. The first kappa shape index (κ1) is 19.5. The molecule has 0 aliphatic rings. The number of nitrogens with one attached hydrogen (secondary N) is 2. The number of carbonyl (C=O) groups is 1. The van der Waals surface area contributed by atoms with E-state index in [2.05, 4.69) is 15.3 Å². The van der Waals surface area contributed by atoms with Gasteiger partial charge >= 0.3 is 5.97 Å². The highest BCUT2D eigenvalue weighted by molar-refractivity contribution is 5.85. The average molecular weight is 299 g/mol. The highest BCUT2D eigenvalue weighted by Crippen LogP contribution is 2.00. The van der Waals surface area contributed by atoms with Gasteiger partial charge in [0.05, 0.1) is 19.1 Å². The van der Waals surface area contributed by atoms with Gasteiger partial charge in [-0.1, -0.05) is 0 Å². The van der Waals surface area contributed by atoms with Gasteiger partial charge in [0.1, 0.15) is 6.04 Å². The first-order chi connectivity index (χ1) is 7.77. The first-order valence-corrected chi connectivity index (χ1v) is 5.27. The third-order valence-electron chi connectivity index (χ3n) is 2.23. The van der Waals surface area contributed by atoms with Gasteiger partial charge in [-0.2, -0.15) is 0 Å². The predicted octanol–water partition coefficient (Wildman–Crippen LogP) is 0.276. The second-order valence-electron chi connectivity index (χ2n) is 3.44. The van der Waals surface area contributed by atoms with Crippen molar-refractivity contribution in [3.05, 3.63) is 18.2 Å². The highest BCUT2D eigenvalue weighted by atomic mass is 35.5. The van der Waals surface area contributed by atoms with Gasteiger partial charge in [-0.3, -0.25) is 4.79 Å². The predicted molar refractivity (Wildman–Crippen MR) is 74.3 cm³/mol. The second-order valence-corrected chi connectivity index (χ2v) is 3.44. The minimum atomic E-state index is -0.361. The van der Waals surface area contributed by atoms with E-state index in [4.69, 9.17) is 10.5 Å². The Labute approximate surface area is 119 Å². The molecule has 0 aliphatic carbocycles. The molecule has 0 radical (unpaired) electrons. The van der Waals surface area contributed by atoms with E-state index in [1.807, 2.05) is 0 Å². The second kappa shape index (κ2) is 11.3. The first-order valence-electron chi connectivity index (χ1n) is 5.27. The largest absolute Gasteiger partial charge is 0.468 e. The molecule has 1 aromatic rings. The lowest BCUT2D eigenvalue weighted by atomic mass is 10.1. The van der Waals surface area contributed by atoms with Crippen LogP contribution in [0, 0.1) is 0 Å². The summed E-state index contributed by atoms with van der Waals surface area (Å²) in [6, 6.07) is -0.361. The van der Waals surface area contributed by atoms with Crippen LogP contribution in [0.3, 0.4) is 0 Å². The maximum absolute atomic E-state index is 11.5. The van der Waals surface area contributed by atoms with Crippen LogP contribution in [0.25, 0.3) is 0 Å². The lowest BCUT2D eigenvalue weighted by molar-refractivity contribution is -0.143. The lowest BCUT2D eigenvalue weighted by Crippen LogP contribution is -2.40. The number of methoxy groups -OCH3 is 1. The van der Waals surface area contributed by atoms with Crippen molar-refractivity contribution >= 4 is 30.8 Å². The SMILES string of the molecule is COC(=O)C(Cc1c[nH]cn1)NCCCN.Cl.Cl. The van der Waals surface area contributed by atoms with Crippen LogP contribution in [0.1, 0.15) is 12.1 Å². The molecule has 6 nitrogen and oxygen atoms in total. The molecule has 1 unspecified atom stereocenters. The highest BCUT2D eigenvalue weighted by Gasteiger charge is 2.19. The zero-order valence-corrected chi connectivity index (χ0v) is 11.9. The van der Waals surface area contributed by atoms with E-state index < -0.39 is 0 Å². The van der Waals surface area contributed by atoms with Crippen molar-refractivity contribution < 1.29 is 9.53 Å². The molecule has 18 heavy (non-hydrogen) atoms. The number of halogens is 2. The standard InChI is InChI=1S/C10H18N4O2.2ClH/c1-16-10(15)9(13-4-2-3-11)5-8-6-12-7-14-8;;/h6-7,9,13H,2-5,11H2,1H3,(H,12,14);2*1H. The fourth-order valence-electron chi connectivity index (χ4n) is 1.37. The van der Waals surface area contributed by atoms with Gasteiger partial charge in [0.25, 0.3) is 0 Å². The molecule has 0 fully saturated rings. The molecule has 0 bridgehead atoms. The quantitative estimate of drug-likeness (QED) is 0.496. The molecule has 0 spiro atoms. The van der Waals surface area contributed by atoms with E-state index >= 15 is 0 Å². The molecular weight excluding hydrogens is 279 g/mol. The molecule has 0 aromatic carbocycles. The smallest absolute Gasteiger partial charge is 0.323 e. The number of imidazole rings is 1. The topological polar surface area (TPSA) is 93.0 Å². The van der Waals surface area contributed by atoms with Crippen LogP contribution in [-0.2, 0) is 16.0 Å². The molecule has 1 aromatic heterocycles. The van der Waals surface area contributed by atoms with Crippen molar-refractivity contribution in [3.63, 3.8) is 0 Å². The Morgan fingerprint density at radius 2 is 2.33 bits per heavy atom. The number of H-pyrrole nitrogens is 1. The maximum Gasteiger partial charge on any atom is 0.323 e. The third-order valence-corrected chi connectivity index (χ3v) is 2.23. The van der Waals surface area contributed by atoms with Crippen LogP contribution in [0.5, 0.6) is 0 Å². The Kier molecular flexibility index (Phi) is 12.2. The molecule has 0 saturated carbocycles.